The lowest BCUT2D eigenvalue weighted by molar-refractivity contribution is -0.143. The molecule has 1 N–H and O–H groups in total. The lowest BCUT2D eigenvalue weighted by Crippen LogP contribution is -2.53. The molecule has 1 aliphatic rings. The number of nitrogens with zero attached hydrogens (tertiary/aromatic N) is 1. The molecule has 2 amide bonds. The van der Waals surface area contributed by atoms with Crippen molar-refractivity contribution in [1.29, 1.82) is 0 Å². The maximum absolute atomic E-state index is 13.7. The van der Waals surface area contributed by atoms with Gasteiger partial charge >= 0.3 is 0 Å². The van der Waals surface area contributed by atoms with Gasteiger partial charge in [0, 0.05) is 19.0 Å². The van der Waals surface area contributed by atoms with Crippen LogP contribution >= 0.6 is 0 Å². The number of rotatable bonds is 11. The van der Waals surface area contributed by atoms with Crippen molar-refractivity contribution in [3.05, 3.63) is 95.6 Å². The van der Waals surface area contributed by atoms with Crippen LogP contribution in [0.5, 0.6) is 11.5 Å². The highest BCUT2D eigenvalue weighted by Gasteiger charge is 2.32. The Morgan fingerprint density at radius 2 is 1.62 bits per heavy atom. The molecule has 0 radical (unpaired) electrons. The van der Waals surface area contributed by atoms with Crippen molar-refractivity contribution in [3.8, 4) is 11.5 Å². The average molecular weight is 501 g/mol. The molecular formula is C31H36N2O4. The molecule has 0 unspecified atom stereocenters. The molecule has 194 valence electrons. The highest BCUT2D eigenvalue weighted by atomic mass is 16.5. The van der Waals surface area contributed by atoms with Gasteiger partial charge in [-0.25, -0.2) is 0 Å². The molecule has 0 spiro atoms. The van der Waals surface area contributed by atoms with Crippen molar-refractivity contribution in [2.75, 3.05) is 13.7 Å². The first-order valence-electron chi connectivity index (χ1n) is 13.0. The van der Waals surface area contributed by atoms with Crippen LogP contribution in [0.2, 0.25) is 0 Å². The van der Waals surface area contributed by atoms with Crippen LogP contribution in [0.25, 0.3) is 0 Å². The van der Waals surface area contributed by atoms with E-state index in [4.69, 9.17) is 9.47 Å². The summed E-state index contributed by atoms with van der Waals surface area (Å²) in [6.07, 6.45) is 4.60. The number of carbonyl (C=O) groups is 2. The fourth-order valence-electron chi connectivity index (χ4n) is 4.75. The normalized spacial score (nSPS) is 14.1. The van der Waals surface area contributed by atoms with Crippen molar-refractivity contribution in [2.24, 2.45) is 0 Å². The minimum absolute atomic E-state index is 0.123. The molecule has 6 heteroatoms. The van der Waals surface area contributed by atoms with E-state index in [1.165, 1.54) is 0 Å². The van der Waals surface area contributed by atoms with Gasteiger partial charge in [-0.15, -0.1) is 0 Å². The fourth-order valence-corrected chi connectivity index (χ4v) is 4.75. The molecule has 0 bridgehead atoms. The number of methoxy groups -OCH3 is 1. The predicted octanol–water partition coefficient (Wildman–Crippen LogP) is 5.08. The summed E-state index contributed by atoms with van der Waals surface area (Å²) in [7, 11) is 1.62. The Hall–Kier alpha value is -3.80. The van der Waals surface area contributed by atoms with Crippen molar-refractivity contribution >= 4 is 11.8 Å². The summed E-state index contributed by atoms with van der Waals surface area (Å²) in [4.78, 5) is 29.1. The smallest absolute Gasteiger partial charge is 0.261 e. The number of carbonyl (C=O) groups excluding carboxylic acids is 2. The molecule has 1 aliphatic carbocycles. The molecule has 3 aromatic carbocycles. The fraction of sp³-hybridized carbons (Fsp3) is 0.355. The minimum atomic E-state index is -0.677. The van der Waals surface area contributed by atoms with Crippen LogP contribution in [0.4, 0.5) is 0 Å². The van der Waals surface area contributed by atoms with Gasteiger partial charge in [0.05, 0.1) is 7.11 Å². The molecule has 0 aliphatic heterocycles. The van der Waals surface area contributed by atoms with Crippen molar-refractivity contribution < 1.29 is 19.1 Å². The molecular weight excluding hydrogens is 464 g/mol. The Kier molecular flexibility index (Phi) is 9.19. The maximum atomic E-state index is 13.7. The SMILES string of the molecule is COc1cccc(CN(C(=O)COc2ccc(C)cc2)[C@H](Cc2ccccc2)C(=O)NC2CCCC2)c1. The van der Waals surface area contributed by atoms with E-state index in [2.05, 4.69) is 5.32 Å². The van der Waals surface area contributed by atoms with E-state index in [1.54, 1.807) is 12.0 Å². The molecule has 4 rings (SSSR count). The van der Waals surface area contributed by atoms with Crippen LogP contribution in [0.3, 0.4) is 0 Å². The van der Waals surface area contributed by atoms with E-state index in [0.717, 1.165) is 42.4 Å². The van der Waals surface area contributed by atoms with Gasteiger partial charge in [-0.3, -0.25) is 9.59 Å². The van der Waals surface area contributed by atoms with E-state index in [1.807, 2.05) is 85.8 Å². The summed E-state index contributed by atoms with van der Waals surface area (Å²) >= 11 is 0. The summed E-state index contributed by atoms with van der Waals surface area (Å²) in [5.74, 6) is 0.958. The maximum Gasteiger partial charge on any atom is 0.261 e. The number of aryl methyl sites for hydroxylation is 1. The molecule has 1 fully saturated rings. The van der Waals surface area contributed by atoms with Crippen LogP contribution < -0.4 is 14.8 Å². The zero-order chi connectivity index (χ0) is 26.0. The van der Waals surface area contributed by atoms with Gasteiger partial charge in [0.1, 0.15) is 17.5 Å². The Morgan fingerprint density at radius 1 is 0.919 bits per heavy atom. The van der Waals surface area contributed by atoms with E-state index >= 15 is 0 Å². The van der Waals surface area contributed by atoms with Crippen molar-refractivity contribution in [2.45, 2.75) is 57.7 Å². The van der Waals surface area contributed by atoms with Gasteiger partial charge < -0.3 is 19.7 Å². The largest absolute Gasteiger partial charge is 0.497 e. The quantitative estimate of drug-likeness (QED) is 0.399. The second-order valence-electron chi connectivity index (χ2n) is 9.67. The second kappa shape index (κ2) is 12.9. The molecule has 3 aromatic rings. The van der Waals surface area contributed by atoms with E-state index in [0.29, 0.717) is 17.9 Å². The van der Waals surface area contributed by atoms with Crippen molar-refractivity contribution in [3.63, 3.8) is 0 Å². The first-order valence-corrected chi connectivity index (χ1v) is 13.0. The van der Waals surface area contributed by atoms with Gasteiger partial charge in [0.15, 0.2) is 6.61 Å². The van der Waals surface area contributed by atoms with Gasteiger partial charge in [-0.1, -0.05) is 73.0 Å². The molecule has 6 nitrogen and oxygen atoms in total. The Labute approximate surface area is 219 Å². The standard InChI is InChI=1S/C31H36N2O4/c1-23-15-17-27(18-16-23)37-22-30(34)33(21-25-11-8-14-28(19-25)36-2)29(20-24-9-4-3-5-10-24)31(35)32-26-12-6-7-13-26/h3-5,8-11,14-19,26,29H,6-7,12-13,20-22H2,1-2H3,(H,32,35)/t29-/m1/s1. The predicted molar refractivity (Wildman–Crippen MR) is 145 cm³/mol. The van der Waals surface area contributed by atoms with E-state index in [-0.39, 0.29) is 31.0 Å². The Bertz CT molecular complexity index is 1160. The number of benzene rings is 3. The van der Waals surface area contributed by atoms with Crippen LogP contribution in [0, 0.1) is 6.92 Å². The van der Waals surface area contributed by atoms with Crippen LogP contribution in [0.15, 0.2) is 78.9 Å². The first-order chi connectivity index (χ1) is 18.0. The lowest BCUT2D eigenvalue weighted by Gasteiger charge is -2.32. The minimum Gasteiger partial charge on any atom is -0.497 e. The topological polar surface area (TPSA) is 67.9 Å². The number of hydrogen-bond donors (Lipinski definition) is 1. The third-order valence-electron chi connectivity index (χ3n) is 6.84. The second-order valence-corrected chi connectivity index (χ2v) is 9.67. The average Bonchev–Trinajstić information content (AvgIpc) is 3.44. The van der Waals surface area contributed by atoms with Crippen molar-refractivity contribution in [1.82, 2.24) is 10.2 Å². The van der Waals surface area contributed by atoms with E-state index in [9.17, 15) is 9.59 Å². The summed E-state index contributed by atoms with van der Waals surface area (Å²) < 4.78 is 11.2. The Morgan fingerprint density at radius 3 is 2.32 bits per heavy atom. The van der Waals surface area contributed by atoms with Gasteiger partial charge in [-0.2, -0.15) is 0 Å². The zero-order valence-electron chi connectivity index (χ0n) is 21.7. The lowest BCUT2D eigenvalue weighted by atomic mass is 10.0. The molecule has 37 heavy (non-hydrogen) atoms. The molecule has 0 aromatic heterocycles. The van der Waals surface area contributed by atoms with Gasteiger partial charge in [0.25, 0.3) is 5.91 Å². The van der Waals surface area contributed by atoms with Gasteiger partial charge in [-0.05, 0) is 55.2 Å². The summed E-state index contributed by atoms with van der Waals surface area (Å²) in [6.45, 7) is 2.11. The highest BCUT2D eigenvalue weighted by Crippen LogP contribution is 2.21. The third kappa shape index (κ3) is 7.59. The van der Waals surface area contributed by atoms with Crippen LogP contribution in [0.1, 0.15) is 42.4 Å². The summed E-state index contributed by atoms with van der Waals surface area (Å²) in [6, 6.07) is 24.5. The number of hydrogen-bond acceptors (Lipinski definition) is 4. The van der Waals surface area contributed by atoms with Gasteiger partial charge in [0.2, 0.25) is 5.91 Å². The molecule has 1 saturated carbocycles. The number of nitrogens with one attached hydrogen (secondary N) is 1. The number of ether oxygens (including phenoxy) is 2. The van der Waals surface area contributed by atoms with Crippen LogP contribution in [-0.4, -0.2) is 42.5 Å². The van der Waals surface area contributed by atoms with Crippen LogP contribution in [-0.2, 0) is 22.6 Å². The highest BCUT2D eigenvalue weighted by molar-refractivity contribution is 5.88. The monoisotopic (exact) mass is 500 g/mol. The number of amides is 2. The zero-order valence-corrected chi connectivity index (χ0v) is 21.7. The molecule has 1 atom stereocenters. The molecule has 0 saturated heterocycles. The van der Waals surface area contributed by atoms with E-state index < -0.39 is 6.04 Å². The summed E-state index contributed by atoms with van der Waals surface area (Å²) in [5.41, 5.74) is 3.00. The first kappa shape index (κ1) is 26.3. The summed E-state index contributed by atoms with van der Waals surface area (Å²) in [5, 5.41) is 3.22. The Balaban J connectivity index is 1.61. The molecule has 0 heterocycles. The third-order valence-corrected chi connectivity index (χ3v) is 6.84.